The average molecular weight is 397 g/mol. The molecular formula is C24H32N2OS. The molecule has 28 heavy (non-hydrogen) atoms. The Balaban J connectivity index is 1.40. The predicted octanol–water partition coefficient (Wildman–Crippen LogP) is 4.13. The van der Waals surface area contributed by atoms with E-state index in [0.29, 0.717) is 0 Å². The maximum absolute atomic E-state index is 12.9. The molecule has 2 aliphatic rings. The van der Waals surface area contributed by atoms with Crippen molar-refractivity contribution >= 4 is 10.8 Å². The fourth-order valence-corrected chi connectivity index (χ4v) is 5.76. The van der Waals surface area contributed by atoms with Crippen molar-refractivity contribution in [3.05, 3.63) is 65.2 Å². The second-order valence-corrected chi connectivity index (χ2v) is 9.83. The highest BCUT2D eigenvalue weighted by molar-refractivity contribution is 7.85. The van der Waals surface area contributed by atoms with Crippen molar-refractivity contribution in [2.24, 2.45) is 5.92 Å². The number of benzene rings is 2. The van der Waals surface area contributed by atoms with Gasteiger partial charge >= 0.3 is 0 Å². The number of nitrogens with one attached hydrogen (secondary N) is 1. The first-order valence-corrected chi connectivity index (χ1v) is 12.1. The van der Waals surface area contributed by atoms with E-state index in [1.165, 1.54) is 36.0 Å². The molecule has 2 aliphatic heterocycles. The lowest BCUT2D eigenvalue weighted by molar-refractivity contribution is 0.261. The van der Waals surface area contributed by atoms with Crippen LogP contribution in [0.25, 0.3) is 0 Å². The molecule has 1 unspecified atom stereocenters. The second kappa shape index (κ2) is 9.82. The Bertz CT molecular complexity index is 786. The molecule has 2 aromatic carbocycles. The van der Waals surface area contributed by atoms with Crippen molar-refractivity contribution in [3.8, 4) is 0 Å². The minimum Gasteiger partial charge on any atom is -0.317 e. The molecule has 0 amide bonds. The summed E-state index contributed by atoms with van der Waals surface area (Å²) < 4.78 is 12.9. The van der Waals surface area contributed by atoms with Crippen LogP contribution in [0.2, 0.25) is 0 Å². The lowest BCUT2D eigenvalue weighted by Crippen LogP contribution is -2.28. The van der Waals surface area contributed by atoms with E-state index >= 15 is 0 Å². The van der Waals surface area contributed by atoms with Gasteiger partial charge in [0, 0.05) is 23.7 Å². The Kier molecular flexibility index (Phi) is 6.95. The molecule has 3 nitrogen and oxygen atoms in total. The number of nitrogens with zero attached hydrogens (tertiary/aromatic N) is 1. The van der Waals surface area contributed by atoms with Crippen molar-refractivity contribution < 1.29 is 4.21 Å². The Labute approximate surface area is 172 Å². The zero-order valence-corrected chi connectivity index (χ0v) is 17.6. The molecule has 1 fully saturated rings. The smallest absolute Gasteiger partial charge is 0.0529 e. The fraction of sp³-hybridized carbons (Fsp3) is 0.500. The van der Waals surface area contributed by atoms with Gasteiger partial charge < -0.3 is 5.32 Å². The Morgan fingerprint density at radius 2 is 1.86 bits per heavy atom. The van der Waals surface area contributed by atoms with Crippen molar-refractivity contribution in [2.45, 2.75) is 50.1 Å². The van der Waals surface area contributed by atoms with E-state index < -0.39 is 10.8 Å². The highest BCUT2D eigenvalue weighted by Crippen LogP contribution is 2.24. The zero-order chi connectivity index (χ0) is 19.2. The lowest BCUT2D eigenvalue weighted by atomic mass is 9.96. The number of hydrogen-bond acceptors (Lipinski definition) is 3. The van der Waals surface area contributed by atoms with Crippen LogP contribution in [-0.2, 0) is 30.3 Å². The van der Waals surface area contributed by atoms with Gasteiger partial charge in [-0.25, -0.2) is 0 Å². The fourth-order valence-electron chi connectivity index (χ4n) is 4.49. The maximum atomic E-state index is 12.9. The van der Waals surface area contributed by atoms with Crippen LogP contribution in [-0.4, -0.2) is 34.5 Å². The van der Waals surface area contributed by atoms with Gasteiger partial charge in [0.25, 0.3) is 0 Å². The summed E-state index contributed by atoms with van der Waals surface area (Å²) in [6.07, 6.45) is 5.87. The summed E-state index contributed by atoms with van der Waals surface area (Å²) in [5.41, 5.74) is 4.18. The van der Waals surface area contributed by atoms with Crippen LogP contribution < -0.4 is 5.32 Å². The lowest BCUT2D eigenvalue weighted by Gasteiger charge is -2.22. The minimum atomic E-state index is -0.877. The van der Waals surface area contributed by atoms with Gasteiger partial charge in [-0.05, 0) is 86.5 Å². The van der Waals surface area contributed by atoms with Crippen LogP contribution in [0.15, 0.2) is 53.4 Å². The summed E-state index contributed by atoms with van der Waals surface area (Å²) in [6, 6.07) is 17.3. The van der Waals surface area contributed by atoms with Gasteiger partial charge in [0.15, 0.2) is 0 Å². The number of hydrogen-bond donors (Lipinski definition) is 1. The van der Waals surface area contributed by atoms with Crippen molar-refractivity contribution in [1.82, 2.24) is 10.2 Å². The predicted molar refractivity (Wildman–Crippen MR) is 117 cm³/mol. The first kappa shape index (κ1) is 19.8. The third-order valence-corrected chi connectivity index (χ3v) is 7.56. The molecule has 2 aromatic rings. The standard InChI is InChI=1S/C24H32N2OS/c27-28(16-12-20-10-13-25-14-11-20)24-9-8-22-7-4-15-26(19-23(22)17-24)18-21-5-2-1-3-6-21/h1-3,5-6,8-9,17,20,25H,4,7,10-16,18-19H2. The Morgan fingerprint density at radius 1 is 1.04 bits per heavy atom. The molecule has 0 radical (unpaired) electrons. The van der Waals surface area contributed by atoms with Crippen molar-refractivity contribution in [2.75, 3.05) is 25.4 Å². The maximum Gasteiger partial charge on any atom is 0.0529 e. The largest absolute Gasteiger partial charge is 0.317 e. The molecule has 2 heterocycles. The monoisotopic (exact) mass is 396 g/mol. The summed E-state index contributed by atoms with van der Waals surface area (Å²) in [5, 5.41) is 3.42. The highest BCUT2D eigenvalue weighted by atomic mass is 32.2. The van der Waals surface area contributed by atoms with E-state index in [4.69, 9.17) is 0 Å². The van der Waals surface area contributed by atoms with Gasteiger partial charge in [-0.2, -0.15) is 0 Å². The van der Waals surface area contributed by atoms with Gasteiger partial charge in [0.1, 0.15) is 0 Å². The molecule has 0 saturated carbocycles. The molecule has 1 N–H and O–H groups in total. The third kappa shape index (κ3) is 5.31. The van der Waals surface area contributed by atoms with Gasteiger partial charge in [0.05, 0.1) is 10.8 Å². The molecule has 1 atom stereocenters. The molecular weight excluding hydrogens is 364 g/mol. The number of aryl methyl sites for hydroxylation is 1. The summed E-state index contributed by atoms with van der Waals surface area (Å²) in [6.45, 7) is 5.31. The van der Waals surface area contributed by atoms with E-state index in [2.05, 4.69) is 58.7 Å². The Hall–Kier alpha value is -1.49. The summed E-state index contributed by atoms with van der Waals surface area (Å²) in [4.78, 5) is 3.55. The molecule has 150 valence electrons. The van der Waals surface area contributed by atoms with Crippen LogP contribution >= 0.6 is 0 Å². The summed E-state index contributed by atoms with van der Waals surface area (Å²) in [7, 11) is -0.877. The summed E-state index contributed by atoms with van der Waals surface area (Å²) in [5.74, 6) is 1.55. The minimum absolute atomic E-state index is 0.743. The van der Waals surface area contributed by atoms with E-state index in [1.54, 1.807) is 0 Å². The molecule has 4 heteroatoms. The number of piperidine rings is 1. The van der Waals surface area contributed by atoms with E-state index in [-0.39, 0.29) is 0 Å². The van der Waals surface area contributed by atoms with E-state index in [9.17, 15) is 4.21 Å². The SMILES string of the molecule is O=S(CCC1CCNCC1)c1ccc2c(c1)CN(Cc1ccccc1)CCC2. The van der Waals surface area contributed by atoms with Crippen LogP contribution in [0.5, 0.6) is 0 Å². The summed E-state index contributed by atoms with van der Waals surface area (Å²) >= 11 is 0. The third-order valence-electron chi connectivity index (χ3n) is 6.17. The second-order valence-electron chi connectivity index (χ2n) is 8.26. The molecule has 0 aliphatic carbocycles. The van der Waals surface area contributed by atoms with Crippen LogP contribution in [0.1, 0.15) is 42.4 Å². The van der Waals surface area contributed by atoms with Crippen LogP contribution in [0.4, 0.5) is 0 Å². The Morgan fingerprint density at radius 3 is 2.68 bits per heavy atom. The first-order chi connectivity index (χ1) is 13.8. The number of fused-ring (bicyclic) bond motifs is 1. The van der Waals surface area contributed by atoms with Crippen LogP contribution in [0, 0.1) is 5.92 Å². The normalized spacial score (nSPS) is 19.7. The quantitative estimate of drug-likeness (QED) is 0.797. The van der Waals surface area contributed by atoms with Crippen LogP contribution in [0.3, 0.4) is 0 Å². The molecule has 0 aromatic heterocycles. The first-order valence-electron chi connectivity index (χ1n) is 10.7. The van der Waals surface area contributed by atoms with E-state index in [1.807, 2.05) is 0 Å². The van der Waals surface area contributed by atoms with Crippen molar-refractivity contribution in [3.63, 3.8) is 0 Å². The van der Waals surface area contributed by atoms with E-state index in [0.717, 1.165) is 62.1 Å². The average Bonchev–Trinajstić information content (AvgIpc) is 2.94. The van der Waals surface area contributed by atoms with Gasteiger partial charge in [-0.15, -0.1) is 0 Å². The van der Waals surface area contributed by atoms with Crippen molar-refractivity contribution in [1.29, 1.82) is 0 Å². The highest BCUT2D eigenvalue weighted by Gasteiger charge is 2.18. The molecule has 0 bridgehead atoms. The van der Waals surface area contributed by atoms with Gasteiger partial charge in [-0.1, -0.05) is 36.4 Å². The zero-order valence-electron chi connectivity index (χ0n) is 16.7. The molecule has 4 rings (SSSR count). The molecule has 1 saturated heterocycles. The van der Waals surface area contributed by atoms with Gasteiger partial charge in [-0.3, -0.25) is 9.11 Å². The topological polar surface area (TPSA) is 32.3 Å². The van der Waals surface area contributed by atoms with Gasteiger partial charge in [0.2, 0.25) is 0 Å². The number of rotatable bonds is 6. The molecule has 0 spiro atoms.